The Morgan fingerprint density at radius 1 is 1.25 bits per heavy atom. The highest BCUT2D eigenvalue weighted by molar-refractivity contribution is 6.33. The second kappa shape index (κ2) is 16.8. The van der Waals surface area contributed by atoms with E-state index in [1.807, 2.05) is 20.8 Å². The van der Waals surface area contributed by atoms with Gasteiger partial charge in [-0.1, -0.05) is 44.5 Å². The highest BCUT2D eigenvalue weighted by Gasteiger charge is 2.33. The molecule has 51 heavy (non-hydrogen) atoms. The number of anilines is 1. The second-order valence-electron chi connectivity index (χ2n) is 13.0. The predicted molar refractivity (Wildman–Crippen MR) is 190 cm³/mol. The highest BCUT2D eigenvalue weighted by Crippen LogP contribution is 2.37. The van der Waals surface area contributed by atoms with E-state index >= 15 is 4.39 Å². The number of hydrazone groups is 1. The van der Waals surface area contributed by atoms with E-state index in [9.17, 15) is 23.5 Å². The van der Waals surface area contributed by atoms with Crippen molar-refractivity contribution in [1.82, 2.24) is 20.0 Å². The molecule has 2 aromatic carbocycles. The Hall–Kier alpha value is -4.96. The molecule has 1 fully saturated rings. The van der Waals surface area contributed by atoms with Crippen LogP contribution in [0.4, 0.5) is 23.7 Å². The molecule has 0 aliphatic heterocycles. The van der Waals surface area contributed by atoms with Crippen molar-refractivity contribution in [3.8, 4) is 11.1 Å². The van der Waals surface area contributed by atoms with Crippen molar-refractivity contribution in [3.63, 3.8) is 0 Å². The van der Waals surface area contributed by atoms with Gasteiger partial charge in [0.15, 0.2) is 5.96 Å². The third kappa shape index (κ3) is 10.5. The average Bonchev–Trinajstić information content (AvgIpc) is 3.79. The molecular weight excluding hydrogens is 691 g/mol. The standard InChI is InChI=1S/C34H41ClF3N9O4/c1-20(48)44-33(50)51-18-29(21-7-11-26(35)28(15-21)47(31(37)38)43-19-40-5)46(32(39)41-13-12-34(2,3)4)30(49)22-6-10-25(27(36)14-22)23-16-42-45(17-23)24-8-9-24/h6-7,10-11,14-17,19-20,24,29,31,48H,5,8-9,12-13,18H2,1-4H3,(H2,39,41)(H,44,50)/b43-19-/t20-,29-/m1/s1. The topological polar surface area (TPSA) is 163 Å². The number of benzene rings is 2. The third-order valence-electron chi connectivity index (χ3n) is 7.71. The molecule has 17 heteroatoms. The molecule has 1 aromatic heterocycles. The van der Waals surface area contributed by atoms with E-state index in [1.165, 1.54) is 37.3 Å². The summed E-state index contributed by atoms with van der Waals surface area (Å²) in [6.45, 7) is 6.85. The maximum Gasteiger partial charge on any atom is 0.409 e. The van der Waals surface area contributed by atoms with Gasteiger partial charge in [0.25, 0.3) is 5.91 Å². The van der Waals surface area contributed by atoms with Crippen molar-refractivity contribution in [1.29, 1.82) is 0 Å². The highest BCUT2D eigenvalue weighted by atomic mass is 35.5. The largest absolute Gasteiger partial charge is 0.447 e. The van der Waals surface area contributed by atoms with Crippen molar-refractivity contribution >= 4 is 48.3 Å². The van der Waals surface area contributed by atoms with Crippen molar-refractivity contribution in [2.24, 2.45) is 26.2 Å². The zero-order chi connectivity index (χ0) is 37.5. The number of aromatic nitrogens is 2. The van der Waals surface area contributed by atoms with Crippen molar-refractivity contribution in [2.75, 3.05) is 18.2 Å². The minimum atomic E-state index is -3.18. The number of hydrogen-bond acceptors (Lipinski definition) is 8. The van der Waals surface area contributed by atoms with Gasteiger partial charge in [0.2, 0.25) is 0 Å². The number of amides is 2. The lowest BCUT2D eigenvalue weighted by Gasteiger charge is -2.32. The molecular formula is C34H41ClF3N9O4. The van der Waals surface area contributed by atoms with Crippen LogP contribution in [0.15, 0.2) is 63.9 Å². The van der Waals surface area contributed by atoms with Crippen molar-refractivity contribution in [3.05, 3.63) is 70.8 Å². The van der Waals surface area contributed by atoms with Gasteiger partial charge in [-0.3, -0.25) is 29.7 Å². The lowest BCUT2D eigenvalue weighted by molar-refractivity contribution is 0.0660. The number of halogens is 4. The molecule has 4 N–H and O–H groups in total. The van der Waals surface area contributed by atoms with Crippen LogP contribution in [-0.4, -0.2) is 76.7 Å². The normalized spacial score (nSPS) is 14.7. The first-order chi connectivity index (χ1) is 24.1. The number of carbonyl (C=O) groups excluding carboxylic acids is 2. The summed E-state index contributed by atoms with van der Waals surface area (Å²) in [6.07, 6.45) is 4.29. The first-order valence-electron chi connectivity index (χ1n) is 16.0. The molecule has 1 aliphatic carbocycles. The number of carbonyl (C=O) groups is 2. The lowest BCUT2D eigenvalue weighted by Crippen LogP contribution is -2.47. The Morgan fingerprint density at radius 2 is 1.98 bits per heavy atom. The third-order valence-corrected chi connectivity index (χ3v) is 8.03. The summed E-state index contributed by atoms with van der Waals surface area (Å²) in [6, 6.07) is 6.74. The van der Waals surface area contributed by atoms with E-state index in [2.05, 4.69) is 32.2 Å². The van der Waals surface area contributed by atoms with E-state index in [0.29, 0.717) is 12.0 Å². The van der Waals surface area contributed by atoms with Crippen LogP contribution < -0.4 is 16.1 Å². The van der Waals surface area contributed by atoms with Gasteiger partial charge in [0.1, 0.15) is 25.0 Å². The molecule has 2 atom stereocenters. The molecule has 1 aliphatic rings. The van der Waals surface area contributed by atoms with Gasteiger partial charge in [-0.25, -0.2) is 14.2 Å². The van der Waals surface area contributed by atoms with E-state index < -0.39 is 43.2 Å². The summed E-state index contributed by atoms with van der Waals surface area (Å²) < 4.78 is 51.1. The maximum absolute atomic E-state index is 15.7. The fourth-order valence-electron chi connectivity index (χ4n) is 4.93. The number of ether oxygens (including phenoxy) is 1. The molecule has 0 unspecified atom stereocenters. The predicted octanol–water partition coefficient (Wildman–Crippen LogP) is 6.35. The van der Waals surface area contributed by atoms with Gasteiger partial charge in [-0.2, -0.15) is 19.0 Å². The van der Waals surface area contributed by atoms with Crippen LogP contribution in [0.2, 0.25) is 5.02 Å². The summed E-state index contributed by atoms with van der Waals surface area (Å²) in [5.74, 6) is -1.87. The Morgan fingerprint density at radius 3 is 2.59 bits per heavy atom. The smallest absolute Gasteiger partial charge is 0.409 e. The molecule has 13 nitrogen and oxygen atoms in total. The number of alkyl halides is 2. The van der Waals surface area contributed by atoms with E-state index in [1.54, 1.807) is 17.1 Å². The lowest BCUT2D eigenvalue weighted by atomic mass is 9.92. The molecule has 3 aromatic rings. The minimum Gasteiger partial charge on any atom is -0.447 e. The van der Waals surface area contributed by atoms with Crippen LogP contribution in [0.1, 0.15) is 75.0 Å². The zero-order valence-electron chi connectivity index (χ0n) is 28.6. The summed E-state index contributed by atoms with van der Waals surface area (Å²) in [4.78, 5) is 35.7. The molecule has 1 heterocycles. The fourth-order valence-corrected chi connectivity index (χ4v) is 5.14. The number of hydrogen-bond donors (Lipinski definition) is 3. The van der Waals surface area contributed by atoms with Crippen LogP contribution in [0.5, 0.6) is 0 Å². The Labute approximate surface area is 298 Å². The summed E-state index contributed by atoms with van der Waals surface area (Å²) >= 11 is 6.33. The Bertz CT molecular complexity index is 1770. The van der Waals surface area contributed by atoms with Gasteiger partial charge in [-0.15, -0.1) is 0 Å². The van der Waals surface area contributed by atoms with Gasteiger partial charge >= 0.3 is 12.6 Å². The molecule has 0 bridgehead atoms. The number of aliphatic imine (C=N–C) groups is 2. The van der Waals surface area contributed by atoms with Crippen LogP contribution >= 0.6 is 11.6 Å². The number of nitrogens with one attached hydrogen (secondary N) is 1. The minimum absolute atomic E-state index is 0.110. The van der Waals surface area contributed by atoms with Crippen LogP contribution in [-0.2, 0) is 4.74 Å². The first-order valence-corrected chi connectivity index (χ1v) is 16.4. The van der Waals surface area contributed by atoms with E-state index in [-0.39, 0.29) is 56.4 Å². The first kappa shape index (κ1) is 38.8. The number of nitrogens with zero attached hydrogens (tertiary/aromatic N) is 7. The Kier molecular flexibility index (Phi) is 12.8. The molecule has 0 radical (unpaired) electrons. The summed E-state index contributed by atoms with van der Waals surface area (Å²) in [5, 5.41) is 19.9. The summed E-state index contributed by atoms with van der Waals surface area (Å²) in [7, 11) is 0. The van der Waals surface area contributed by atoms with Crippen molar-refractivity contribution in [2.45, 2.75) is 71.8 Å². The SMILES string of the molecule is C=N/C=N\N(c1cc([C@@H](COC(=O)N[C@@H](C)O)N(C(=O)c2ccc(-c3cnn(C4CC4)c3)c(F)c2)C(N)=NCCC(C)(C)C)ccc1Cl)C(F)F. The number of guanidine groups is 1. The van der Waals surface area contributed by atoms with Crippen LogP contribution in [0.25, 0.3) is 11.1 Å². The molecule has 2 amide bonds. The number of aliphatic hydroxyl groups is 1. The monoisotopic (exact) mass is 731 g/mol. The molecule has 4 rings (SSSR count). The van der Waals surface area contributed by atoms with Gasteiger partial charge in [-0.05, 0) is 68.1 Å². The zero-order valence-corrected chi connectivity index (χ0v) is 29.4. The fraction of sp³-hybridized carbons (Fsp3) is 0.412. The van der Waals surface area contributed by atoms with Gasteiger partial charge in [0.05, 0.1) is 29.0 Å². The van der Waals surface area contributed by atoms with Crippen molar-refractivity contribution < 1.29 is 32.6 Å². The molecule has 0 spiro atoms. The average molecular weight is 732 g/mol. The number of aliphatic hydroxyl groups excluding tert-OH is 1. The summed E-state index contributed by atoms with van der Waals surface area (Å²) in [5.41, 5.74) is 6.78. The molecule has 0 saturated heterocycles. The quantitative estimate of drug-likeness (QED) is 0.0572. The molecule has 1 saturated carbocycles. The van der Waals surface area contributed by atoms with E-state index in [0.717, 1.165) is 30.1 Å². The van der Waals surface area contributed by atoms with Crippen LogP contribution in [0.3, 0.4) is 0 Å². The second-order valence-corrected chi connectivity index (χ2v) is 13.4. The Balaban J connectivity index is 1.83. The number of nitrogens with two attached hydrogens (primary N) is 1. The van der Waals surface area contributed by atoms with Gasteiger partial charge < -0.3 is 15.6 Å². The molecule has 274 valence electrons. The van der Waals surface area contributed by atoms with E-state index in [4.69, 9.17) is 22.1 Å². The number of rotatable bonds is 14. The van der Waals surface area contributed by atoms with Crippen LogP contribution in [0, 0.1) is 11.2 Å². The van der Waals surface area contributed by atoms with Gasteiger partial charge in [0, 0.05) is 29.4 Å². The number of alkyl carbamates (subject to hydrolysis) is 1. The maximum atomic E-state index is 15.7.